The Morgan fingerprint density at radius 3 is 3.00 bits per heavy atom. The van der Waals surface area contributed by atoms with Crippen LogP contribution in [0.2, 0.25) is 0 Å². The number of thioether (sulfide) groups is 1. The molecule has 0 atom stereocenters. The minimum Gasteiger partial charge on any atom is -0.339 e. The highest BCUT2D eigenvalue weighted by Gasteiger charge is 2.29. The standard InChI is InChI=1S/C17H18N4O2S/c1-24-13-5-4-11-6-12(16(22)19-14(11)7-13)8-18-9-15-20-17(23-21-15)10-2-3-10/h4-7,10,18H,2-3,8-9H2,1H3,(H,19,22). The third-order valence-electron chi connectivity index (χ3n) is 4.14. The third kappa shape index (κ3) is 3.22. The van der Waals surface area contributed by atoms with Gasteiger partial charge < -0.3 is 14.8 Å². The molecule has 0 spiro atoms. The second-order valence-corrected chi connectivity index (χ2v) is 6.88. The summed E-state index contributed by atoms with van der Waals surface area (Å²) in [5.41, 5.74) is 1.49. The van der Waals surface area contributed by atoms with E-state index >= 15 is 0 Å². The van der Waals surface area contributed by atoms with E-state index in [-0.39, 0.29) is 5.56 Å². The molecule has 0 unspecified atom stereocenters. The Kier molecular flexibility index (Phi) is 4.12. The molecule has 6 nitrogen and oxygen atoms in total. The molecular weight excluding hydrogens is 324 g/mol. The van der Waals surface area contributed by atoms with E-state index in [2.05, 4.69) is 26.5 Å². The van der Waals surface area contributed by atoms with E-state index in [1.54, 1.807) is 11.8 Å². The van der Waals surface area contributed by atoms with Crippen LogP contribution in [0.1, 0.15) is 36.0 Å². The Hall–Kier alpha value is -2.12. The Morgan fingerprint density at radius 1 is 1.33 bits per heavy atom. The van der Waals surface area contributed by atoms with Crippen molar-refractivity contribution >= 4 is 22.7 Å². The van der Waals surface area contributed by atoms with Gasteiger partial charge in [0.1, 0.15) is 0 Å². The molecule has 2 N–H and O–H groups in total. The number of aromatic amines is 1. The molecule has 0 radical (unpaired) electrons. The summed E-state index contributed by atoms with van der Waals surface area (Å²) in [6, 6.07) is 8.01. The molecule has 1 aromatic carbocycles. The number of pyridine rings is 1. The lowest BCUT2D eigenvalue weighted by atomic mass is 10.1. The molecule has 3 aromatic rings. The molecule has 24 heavy (non-hydrogen) atoms. The molecular formula is C17H18N4O2S. The van der Waals surface area contributed by atoms with Crippen molar-refractivity contribution in [3.8, 4) is 0 Å². The highest BCUT2D eigenvalue weighted by Crippen LogP contribution is 2.38. The molecule has 1 saturated carbocycles. The topological polar surface area (TPSA) is 83.8 Å². The molecule has 1 fully saturated rings. The van der Waals surface area contributed by atoms with E-state index < -0.39 is 0 Å². The van der Waals surface area contributed by atoms with E-state index in [4.69, 9.17) is 4.52 Å². The van der Waals surface area contributed by atoms with Crippen molar-refractivity contribution in [1.82, 2.24) is 20.4 Å². The summed E-state index contributed by atoms with van der Waals surface area (Å²) in [6.07, 6.45) is 4.30. The van der Waals surface area contributed by atoms with Gasteiger partial charge in [-0.2, -0.15) is 4.98 Å². The van der Waals surface area contributed by atoms with Gasteiger partial charge in [0.05, 0.1) is 6.54 Å². The Morgan fingerprint density at radius 2 is 2.21 bits per heavy atom. The van der Waals surface area contributed by atoms with E-state index in [0.717, 1.165) is 34.5 Å². The lowest BCUT2D eigenvalue weighted by Crippen LogP contribution is -2.21. The summed E-state index contributed by atoms with van der Waals surface area (Å²) >= 11 is 1.66. The number of benzene rings is 1. The third-order valence-corrected chi connectivity index (χ3v) is 4.86. The van der Waals surface area contributed by atoms with Crippen LogP contribution < -0.4 is 10.9 Å². The number of rotatable bonds is 6. The van der Waals surface area contributed by atoms with Crippen molar-refractivity contribution in [3.63, 3.8) is 0 Å². The molecule has 2 aromatic heterocycles. The smallest absolute Gasteiger partial charge is 0.252 e. The SMILES string of the molecule is CSc1ccc2cc(CNCc3noc(C4CC4)n3)c(=O)[nH]c2c1. The maximum Gasteiger partial charge on any atom is 0.252 e. The van der Waals surface area contributed by atoms with Gasteiger partial charge in [-0.3, -0.25) is 4.79 Å². The zero-order chi connectivity index (χ0) is 16.5. The van der Waals surface area contributed by atoms with Gasteiger partial charge in [0.15, 0.2) is 5.82 Å². The van der Waals surface area contributed by atoms with Crippen molar-refractivity contribution in [2.24, 2.45) is 0 Å². The maximum absolute atomic E-state index is 12.2. The first-order valence-corrected chi connectivity index (χ1v) is 9.18. The summed E-state index contributed by atoms with van der Waals surface area (Å²) in [5.74, 6) is 1.83. The predicted molar refractivity (Wildman–Crippen MR) is 93.2 cm³/mol. The molecule has 1 aliphatic rings. The van der Waals surface area contributed by atoms with Crippen LogP contribution in [0, 0.1) is 0 Å². The predicted octanol–water partition coefficient (Wildman–Crippen LogP) is 2.80. The van der Waals surface area contributed by atoms with Crippen molar-refractivity contribution < 1.29 is 4.52 Å². The molecule has 124 valence electrons. The largest absolute Gasteiger partial charge is 0.339 e. The maximum atomic E-state index is 12.2. The highest BCUT2D eigenvalue weighted by molar-refractivity contribution is 7.98. The van der Waals surface area contributed by atoms with Crippen LogP contribution in [-0.2, 0) is 13.1 Å². The monoisotopic (exact) mass is 342 g/mol. The lowest BCUT2D eigenvalue weighted by molar-refractivity contribution is 0.372. The Bertz CT molecular complexity index is 930. The van der Waals surface area contributed by atoms with Crippen molar-refractivity contribution in [3.05, 3.63) is 51.9 Å². The van der Waals surface area contributed by atoms with Gasteiger partial charge in [0, 0.05) is 28.4 Å². The van der Waals surface area contributed by atoms with E-state index in [9.17, 15) is 4.79 Å². The molecule has 0 saturated heterocycles. The van der Waals surface area contributed by atoms with Crippen LogP contribution in [0.5, 0.6) is 0 Å². The van der Waals surface area contributed by atoms with Crippen LogP contribution in [0.3, 0.4) is 0 Å². The lowest BCUT2D eigenvalue weighted by Gasteiger charge is -2.05. The van der Waals surface area contributed by atoms with Gasteiger partial charge in [0.25, 0.3) is 5.56 Å². The Labute approximate surface area is 143 Å². The van der Waals surface area contributed by atoms with Crippen LogP contribution in [0.15, 0.2) is 38.5 Å². The van der Waals surface area contributed by atoms with E-state index in [1.807, 2.05) is 24.5 Å². The molecule has 0 amide bonds. The van der Waals surface area contributed by atoms with E-state index in [1.165, 1.54) is 0 Å². The van der Waals surface area contributed by atoms with Crippen LogP contribution in [0.4, 0.5) is 0 Å². The van der Waals surface area contributed by atoms with Gasteiger partial charge in [-0.25, -0.2) is 0 Å². The Balaban J connectivity index is 1.45. The number of nitrogens with one attached hydrogen (secondary N) is 2. The summed E-state index contributed by atoms with van der Waals surface area (Å²) < 4.78 is 5.22. The van der Waals surface area contributed by atoms with Crippen molar-refractivity contribution in [2.75, 3.05) is 6.26 Å². The summed E-state index contributed by atoms with van der Waals surface area (Å²) in [5, 5.41) is 8.20. The molecule has 4 rings (SSSR count). The minimum absolute atomic E-state index is 0.0694. The van der Waals surface area contributed by atoms with Crippen molar-refractivity contribution in [1.29, 1.82) is 0 Å². The highest BCUT2D eigenvalue weighted by atomic mass is 32.2. The second kappa shape index (κ2) is 6.41. The second-order valence-electron chi connectivity index (χ2n) is 6.00. The van der Waals surface area contributed by atoms with Gasteiger partial charge in [-0.15, -0.1) is 11.8 Å². The summed E-state index contributed by atoms with van der Waals surface area (Å²) in [6.45, 7) is 0.946. The van der Waals surface area contributed by atoms with Gasteiger partial charge in [-0.05, 0) is 42.7 Å². The van der Waals surface area contributed by atoms with Crippen LogP contribution >= 0.6 is 11.8 Å². The molecule has 0 bridgehead atoms. The van der Waals surface area contributed by atoms with E-state index in [0.29, 0.717) is 30.4 Å². The zero-order valence-corrected chi connectivity index (χ0v) is 14.2. The minimum atomic E-state index is -0.0694. The average Bonchev–Trinajstić information content (AvgIpc) is 3.34. The molecule has 7 heteroatoms. The zero-order valence-electron chi connectivity index (χ0n) is 13.3. The summed E-state index contributed by atoms with van der Waals surface area (Å²) in [7, 11) is 0. The van der Waals surface area contributed by atoms with Crippen molar-refractivity contribution in [2.45, 2.75) is 36.7 Å². The quantitative estimate of drug-likeness (QED) is 0.670. The van der Waals surface area contributed by atoms with Gasteiger partial charge in [0.2, 0.25) is 5.89 Å². The fourth-order valence-electron chi connectivity index (χ4n) is 2.63. The summed E-state index contributed by atoms with van der Waals surface area (Å²) in [4.78, 5) is 20.7. The fraction of sp³-hybridized carbons (Fsp3) is 0.353. The average molecular weight is 342 g/mol. The normalized spacial score (nSPS) is 14.4. The number of hydrogen-bond donors (Lipinski definition) is 2. The number of aromatic nitrogens is 3. The van der Waals surface area contributed by atoms with Gasteiger partial charge in [-0.1, -0.05) is 11.2 Å². The number of hydrogen-bond acceptors (Lipinski definition) is 6. The first-order chi connectivity index (χ1) is 11.7. The molecule has 1 aliphatic carbocycles. The molecule has 0 aliphatic heterocycles. The van der Waals surface area contributed by atoms with Crippen LogP contribution in [-0.4, -0.2) is 21.4 Å². The first kappa shape index (κ1) is 15.4. The number of nitrogens with zero attached hydrogens (tertiary/aromatic N) is 2. The van der Waals surface area contributed by atoms with Gasteiger partial charge >= 0.3 is 0 Å². The fourth-order valence-corrected chi connectivity index (χ4v) is 3.07. The van der Waals surface area contributed by atoms with Crippen LogP contribution in [0.25, 0.3) is 10.9 Å². The number of H-pyrrole nitrogens is 1. The number of fused-ring (bicyclic) bond motifs is 1. The molecule has 2 heterocycles. The first-order valence-electron chi connectivity index (χ1n) is 7.96.